The Hall–Kier alpha value is -1.67. The first kappa shape index (κ1) is 10.4. The third-order valence-corrected chi connectivity index (χ3v) is 1.72. The van der Waals surface area contributed by atoms with E-state index in [9.17, 15) is 0 Å². The first-order chi connectivity index (χ1) is 6.74. The van der Waals surface area contributed by atoms with Gasteiger partial charge in [-0.3, -0.25) is 9.88 Å². The lowest BCUT2D eigenvalue weighted by Crippen LogP contribution is -2.28. The monoisotopic (exact) mass is 191 g/mol. The molecule has 5 nitrogen and oxygen atoms in total. The Morgan fingerprint density at radius 3 is 2.64 bits per heavy atom. The lowest BCUT2D eigenvalue weighted by molar-refractivity contribution is 0.418. The molecule has 1 aromatic heterocycles. The van der Waals surface area contributed by atoms with Crippen LogP contribution in [0.15, 0.2) is 18.6 Å². The summed E-state index contributed by atoms with van der Waals surface area (Å²) in [6.07, 6.45) is 6.83. The number of rotatable bonds is 4. The molecule has 0 spiro atoms. The highest BCUT2D eigenvalue weighted by Crippen LogP contribution is 2.05. The van der Waals surface area contributed by atoms with Crippen LogP contribution in [0.3, 0.4) is 0 Å². The Kier molecular flexibility index (Phi) is 3.83. The number of hydrogen-bond acceptors (Lipinski definition) is 5. The van der Waals surface area contributed by atoms with Gasteiger partial charge in [0.05, 0.1) is 6.20 Å². The summed E-state index contributed by atoms with van der Waals surface area (Å²) in [6.45, 7) is 1.44. The van der Waals surface area contributed by atoms with Gasteiger partial charge in [0.15, 0.2) is 12.0 Å². The van der Waals surface area contributed by atoms with E-state index in [1.807, 2.05) is 19.0 Å². The van der Waals surface area contributed by atoms with Crippen molar-refractivity contribution in [3.05, 3.63) is 18.6 Å². The first-order valence-corrected chi connectivity index (χ1v) is 4.32. The van der Waals surface area contributed by atoms with Gasteiger partial charge < -0.3 is 4.90 Å². The van der Waals surface area contributed by atoms with Crippen LogP contribution >= 0.6 is 0 Å². The van der Waals surface area contributed by atoms with Gasteiger partial charge in [-0.05, 0) is 14.1 Å². The predicted molar refractivity (Wildman–Crippen MR) is 53.5 cm³/mol. The summed E-state index contributed by atoms with van der Waals surface area (Å²) < 4.78 is 0. The molecule has 0 unspecified atom stereocenters. The zero-order valence-electron chi connectivity index (χ0n) is 8.38. The molecule has 0 N–H and O–H groups in total. The maximum absolute atomic E-state index is 8.88. The fourth-order valence-electron chi connectivity index (χ4n) is 0.946. The smallest absolute Gasteiger partial charge is 0.185 e. The molecule has 0 bridgehead atoms. The van der Waals surface area contributed by atoms with E-state index < -0.39 is 0 Å². The van der Waals surface area contributed by atoms with Gasteiger partial charge in [-0.2, -0.15) is 5.26 Å². The van der Waals surface area contributed by atoms with Crippen molar-refractivity contribution in [2.75, 3.05) is 32.1 Å². The highest BCUT2D eigenvalue weighted by atomic mass is 15.2. The molecule has 0 radical (unpaired) electrons. The van der Waals surface area contributed by atoms with E-state index in [0.29, 0.717) is 12.4 Å². The van der Waals surface area contributed by atoms with Gasteiger partial charge in [-0.25, -0.2) is 4.98 Å². The number of anilines is 1. The van der Waals surface area contributed by atoms with Crippen molar-refractivity contribution in [2.24, 2.45) is 0 Å². The molecular formula is C9H13N5. The Morgan fingerprint density at radius 1 is 1.36 bits per heavy atom. The van der Waals surface area contributed by atoms with Gasteiger partial charge in [0.1, 0.15) is 0 Å². The molecule has 5 heteroatoms. The highest BCUT2D eigenvalue weighted by molar-refractivity contribution is 5.40. The van der Waals surface area contributed by atoms with Crippen LogP contribution < -0.4 is 4.90 Å². The Labute approximate surface area is 83.6 Å². The number of nitrogens with zero attached hydrogens (tertiary/aromatic N) is 5. The second-order valence-corrected chi connectivity index (χ2v) is 3.12. The molecule has 0 aromatic carbocycles. The lowest BCUT2D eigenvalue weighted by atomic mass is 10.5. The van der Waals surface area contributed by atoms with Crippen molar-refractivity contribution in [1.82, 2.24) is 14.9 Å². The van der Waals surface area contributed by atoms with Crippen molar-refractivity contribution < 1.29 is 0 Å². The van der Waals surface area contributed by atoms with Crippen molar-refractivity contribution in [2.45, 2.75) is 0 Å². The molecule has 0 saturated heterocycles. The fraction of sp³-hybridized carbons (Fsp3) is 0.444. The van der Waals surface area contributed by atoms with E-state index in [1.54, 1.807) is 18.6 Å². The Balaban J connectivity index is 2.60. The molecule has 1 heterocycles. The molecule has 0 aliphatic rings. The van der Waals surface area contributed by atoms with Gasteiger partial charge in [0.25, 0.3) is 0 Å². The van der Waals surface area contributed by atoms with Crippen molar-refractivity contribution in [3.63, 3.8) is 0 Å². The normalized spacial score (nSPS) is 9.86. The molecule has 1 rings (SSSR count). The van der Waals surface area contributed by atoms with E-state index in [4.69, 9.17) is 5.26 Å². The lowest BCUT2D eigenvalue weighted by Gasteiger charge is -2.16. The summed E-state index contributed by atoms with van der Waals surface area (Å²) in [5.74, 6) is 0.594. The molecule has 0 fully saturated rings. The summed E-state index contributed by atoms with van der Waals surface area (Å²) in [5.41, 5.74) is 0. The zero-order chi connectivity index (χ0) is 10.4. The molecule has 0 aliphatic carbocycles. The SMILES string of the molecule is CN(C)CCN(C#N)c1cnccn1. The third-order valence-electron chi connectivity index (χ3n) is 1.72. The van der Waals surface area contributed by atoms with Gasteiger partial charge in [-0.15, -0.1) is 0 Å². The summed E-state index contributed by atoms with van der Waals surface area (Å²) in [5, 5.41) is 8.88. The maximum atomic E-state index is 8.88. The number of likely N-dealkylation sites (N-methyl/N-ethyl adjacent to an activating group) is 1. The topological polar surface area (TPSA) is 56.0 Å². The third kappa shape index (κ3) is 2.99. The standard InChI is InChI=1S/C9H13N5/c1-13(2)5-6-14(8-10)9-7-11-3-4-12-9/h3-4,7H,5-6H2,1-2H3. The molecule has 14 heavy (non-hydrogen) atoms. The van der Waals surface area contributed by atoms with E-state index in [0.717, 1.165) is 6.54 Å². The second kappa shape index (κ2) is 5.14. The Morgan fingerprint density at radius 2 is 2.14 bits per heavy atom. The van der Waals surface area contributed by atoms with Crippen molar-refractivity contribution in [1.29, 1.82) is 5.26 Å². The number of hydrogen-bond donors (Lipinski definition) is 0. The van der Waals surface area contributed by atoms with Gasteiger partial charge >= 0.3 is 0 Å². The van der Waals surface area contributed by atoms with Crippen LogP contribution in [-0.4, -0.2) is 42.1 Å². The summed E-state index contributed by atoms with van der Waals surface area (Å²) in [4.78, 5) is 11.5. The van der Waals surface area contributed by atoms with E-state index in [2.05, 4.69) is 16.2 Å². The second-order valence-electron chi connectivity index (χ2n) is 3.12. The zero-order valence-corrected chi connectivity index (χ0v) is 8.38. The van der Waals surface area contributed by atoms with Gasteiger partial charge in [-0.1, -0.05) is 0 Å². The highest BCUT2D eigenvalue weighted by Gasteiger charge is 2.06. The van der Waals surface area contributed by atoms with Crippen LogP contribution in [0.5, 0.6) is 0 Å². The van der Waals surface area contributed by atoms with Crippen LogP contribution in [-0.2, 0) is 0 Å². The van der Waals surface area contributed by atoms with Crippen molar-refractivity contribution in [3.8, 4) is 6.19 Å². The average molecular weight is 191 g/mol. The summed E-state index contributed by atoms with van der Waals surface area (Å²) >= 11 is 0. The first-order valence-electron chi connectivity index (χ1n) is 4.32. The molecule has 74 valence electrons. The van der Waals surface area contributed by atoms with Crippen LogP contribution in [0, 0.1) is 11.5 Å². The van der Waals surface area contributed by atoms with E-state index in [-0.39, 0.29) is 0 Å². The molecular weight excluding hydrogens is 178 g/mol. The van der Waals surface area contributed by atoms with E-state index >= 15 is 0 Å². The van der Waals surface area contributed by atoms with Crippen LogP contribution in [0.25, 0.3) is 0 Å². The van der Waals surface area contributed by atoms with Crippen LogP contribution in [0.2, 0.25) is 0 Å². The van der Waals surface area contributed by atoms with Gasteiger partial charge in [0, 0.05) is 25.5 Å². The quantitative estimate of drug-likeness (QED) is 0.507. The molecule has 0 aliphatic heterocycles. The average Bonchev–Trinajstić information content (AvgIpc) is 2.20. The minimum atomic E-state index is 0.594. The molecule has 1 aromatic rings. The van der Waals surface area contributed by atoms with Crippen LogP contribution in [0.4, 0.5) is 5.82 Å². The predicted octanol–water partition coefficient (Wildman–Crippen LogP) is 0.326. The molecule has 0 atom stereocenters. The largest absolute Gasteiger partial charge is 0.308 e. The van der Waals surface area contributed by atoms with Crippen LogP contribution in [0.1, 0.15) is 0 Å². The maximum Gasteiger partial charge on any atom is 0.185 e. The van der Waals surface area contributed by atoms with E-state index in [1.165, 1.54) is 4.90 Å². The molecule has 0 amide bonds. The number of nitriles is 1. The minimum Gasteiger partial charge on any atom is -0.308 e. The van der Waals surface area contributed by atoms with Gasteiger partial charge in [0.2, 0.25) is 0 Å². The summed E-state index contributed by atoms with van der Waals surface area (Å²) in [7, 11) is 3.93. The molecule has 0 saturated carbocycles. The minimum absolute atomic E-state index is 0.594. The number of aromatic nitrogens is 2. The fourth-order valence-corrected chi connectivity index (χ4v) is 0.946. The Bertz CT molecular complexity index is 303. The van der Waals surface area contributed by atoms with Crippen molar-refractivity contribution >= 4 is 5.82 Å². The summed E-state index contributed by atoms with van der Waals surface area (Å²) in [6, 6.07) is 0.